The number of rotatable bonds is 8. The van der Waals surface area contributed by atoms with Crippen molar-refractivity contribution in [3.63, 3.8) is 0 Å². The average Bonchev–Trinajstić information content (AvgIpc) is 2.54. The van der Waals surface area contributed by atoms with Crippen LogP contribution in [0.3, 0.4) is 0 Å². The third kappa shape index (κ3) is 5.99. The highest BCUT2D eigenvalue weighted by Crippen LogP contribution is 2.19. The van der Waals surface area contributed by atoms with E-state index in [1.54, 1.807) is 12.1 Å². The van der Waals surface area contributed by atoms with Crippen molar-refractivity contribution in [2.45, 2.75) is 13.8 Å². The summed E-state index contributed by atoms with van der Waals surface area (Å²) < 4.78 is 18.7. The van der Waals surface area contributed by atoms with Crippen LogP contribution in [0.25, 0.3) is 0 Å². The van der Waals surface area contributed by atoms with Crippen LogP contribution in [-0.4, -0.2) is 19.7 Å². The molecule has 0 saturated heterocycles. The van der Waals surface area contributed by atoms with Gasteiger partial charge >= 0.3 is 0 Å². The van der Waals surface area contributed by atoms with Gasteiger partial charge in [0.05, 0.1) is 11.6 Å². The largest absolute Gasteiger partial charge is 0.493 e. The van der Waals surface area contributed by atoms with E-state index in [4.69, 9.17) is 16.3 Å². The zero-order valence-corrected chi connectivity index (χ0v) is 14.2. The lowest BCUT2D eigenvalue weighted by atomic mass is 10.2. The number of benzene rings is 2. The first kappa shape index (κ1) is 17.4. The number of hydrogen-bond acceptors (Lipinski definition) is 3. The van der Waals surface area contributed by atoms with E-state index in [1.165, 1.54) is 6.07 Å². The van der Waals surface area contributed by atoms with Gasteiger partial charge in [0, 0.05) is 24.5 Å². The predicted molar refractivity (Wildman–Crippen MR) is 95.2 cm³/mol. The van der Waals surface area contributed by atoms with E-state index in [2.05, 4.69) is 24.5 Å². The summed E-state index contributed by atoms with van der Waals surface area (Å²) >= 11 is 5.74. The van der Waals surface area contributed by atoms with Crippen LogP contribution in [0.4, 0.5) is 15.8 Å². The molecule has 2 aromatic carbocycles. The number of nitrogens with one attached hydrogen (secondary N) is 2. The highest BCUT2D eigenvalue weighted by Gasteiger charge is 2.00. The van der Waals surface area contributed by atoms with Gasteiger partial charge < -0.3 is 15.4 Å². The zero-order valence-electron chi connectivity index (χ0n) is 13.4. The summed E-state index contributed by atoms with van der Waals surface area (Å²) in [5, 5.41) is 6.62. The Morgan fingerprint density at radius 2 is 1.61 bits per heavy atom. The number of ether oxygens (including phenoxy) is 1. The van der Waals surface area contributed by atoms with Crippen LogP contribution in [0.15, 0.2) is 42.5 Å². The molecule has 0 aliphatic carbocycles. The van der Waals surface area contributed by atoms with Crippen molar-refractivity contribution in [1.29, 1.82) is 0 Å². The molecule has 0 aliphatic rings. The molecule has 2 rings (SSSR count). The van der Waals surface area contributed by atoms with Gasteiger partial charge in [-0.25, -0.2) is 4.39 Å². The van der Waals surface area contributed by atoms with Crippen LogP contribution >= 0.6 is 11.6 Å². The summed E-state index contributed by atoms with van der Waals surface area (Å²) in [6, 6.07) is 12.5. The van der Waals surface area contributed by atoms with Crippen molar-refractivity contribution < 1.29 is 9.13 Å². The van der Waals surface area contributed by atoms with Crippen LogP contribution in [0, 0.1) is 11.7 Å². The number of hydrogen-bond donors (Lipinski definition) is 2. The Morgan fingerprint density at radius 1 is 1.00 bits per heavy atom. The van der Waals surface area contributed by atoms with Crippen molar-refractivity contribution in [2.24, 2.45) is 5.92 Å². The number of halogens is 2. The molecule has 0 saturated carbocycles. The molecule has 2 N–H and O–H groups in total. The van der Waals surface area contributed by atoms with Gasteiger partial charge in [0.25, 0.3) is 0 Å². The molecule has 0 fully saturated rings. The van der Waals surface area contributed by atoms with Crippen molar-refractivity contribution in [3.8, 4) is 5.75 Å². The predicted octanol–water partition coefficient (Wildman–Crippen LogP) is 5.04. The van der Waals surface area contributed by atoms with Gasteiger partial charge in [0.15, 0.2) is 0 Å². The zero-order chi connectivity index (χ0) is 16.7. The first-order valence-corrected chi connectivity index (χ1v) is 8.08. The Morgan fingerprint density at radius 3 is 2.22 bits per heavy atom. The van der Waals surface area contributed by atoms with Gasteiger partial charge in [-0.3, -0.25) is 0 Å². The van der Waals surface area contributed by atoms with E-state index in [0.717, 1.165) is 30.3 Å². The minimum absolute atomic E-state index is 0.125. The fourth-order valence-corrected chi connectivity index (χ4v) is 2.13. The molecular formula is C18H22ClFN2O. The van der Waals surface area contributed by atoms with E-state index in [9.17, 15) is 4.39 Å². The summed E-state index contributed by atoms with van der Waals surface area (Å²) in [7, 11) is 0. The van der Waals surface area contributed by atoms with Gasteiger partial charge in [-0.05, 0) is 48.4 Å². The Labute approximate surface area is 141 Å². The summed E-state index contributed by atoms with van der Waals surface area (Å²) in [5.74, 6) is 0.984. The monoisotopic (exact) mass is 336 g/mol. The Balaban J connectivity index is 1.72. The quantitative estimate of drug-likeness (QED) is 0.663. The second kappa shape index (κ2) is 8.63. The molecule has 0 aliphatic heterocycles. The fourth-order valence-electron chi connectivity index (χ4n) is 1.95. The molecule has 124 valence electrons. The topological polar surface area (TPSA) is 33.3 Å². The minimum Gasteiger partial charge on any atom is -0.493 e. The van der Waals surface area contributed by atoms with E-state index < -0.39 is 5.82 Å². The molecule has 2 aromatic rings. The smallest absolute Gasteiger partial charge is 0.141 e. The van der Waals surface area contributed by atoms with E-state index in [-0.39, 0.29) is 5.02 Å². The number of anilines is 2. The third-order valence-corrected chi connectivity index (χ3v) is 3.43. The van der Waals surface area contributed by atoms with Gasteiger partial charge in [0.1, 0.15) is 11.6 Å². The van der Waals surface area contributed by atoms with Crippen LogP contribution in [0.2, 0.25) is 5.02 Å². The first-order chi connectivity index (χ1) is 11.0. The standard InChI is InChI=1S/C18H22ClFN2O/c1-13(2)12-23-16-6-3-14(4-7-16)21-9-10-22-15-5-8-18(20)17(19)11-15/h3-8,11,13,21-22H,9-10,12H2,1-2H3. The molecule has 23 heavy (non-hydrogen) atoms. The van der Waals surface area contributed by atoms with E-state index in [1.807, 2.05) is 24.3 Å². The van der Waals surface area contributed by atoms with Gasteiger partial charge in [-0.1, -0.05) is 25.4 Å². The van der Waals surface area contributed by atoms with E-state index >= 15 is 0 Å². The Bertz CT molecular complexity index is 617. The molecule has 0 bridgehead atoms. The SMILES string of the molecule is CC(C)COc1ccc(NCCNc2ccc(F)c(Cl)c2)cc1. The molecule has 0 spiro atoms. The molecule has 0 atom stereocenters. The fraction of sp³-hybridized carbons (Fsp3) is 0.333. The van der Waals surface area contributed by atoms with Crippen LogP contribution < -0.4 is 15.4 Å². The first-order valence-electron chi connectivity index (χ1n) is 7.70. The molecule has 3 nitrogen and oxygen atoms in total. The van der Waals surface area contributed by atoms with Crippen molar-refractivity contribution in [3.05, 3.63) is 53.3 Å². The van der Waals surface area contributed by atoms with Gasteiger partial charge in [-0.15, -0.1) is 0 Å². The lowest BCUT2D eigenvalue weighted by molar-refractivity contribution is 0.271. The molecule has 0 heterocycles. The highest BCUT2D eigenvalue weighted by atomic mass is 35.5. The summed E-state index contributed by atoms with van der Waals surface area (Å²) in [5.41, 5.74) is 1.83. The minimum atomic E-state index is -0.407. The van der Waals surface area contributed by atoms with Crippen molar-refractivity contribution in [1.82, 2.24) is 0 Å². The van der Waals surface area contributed by atoms with E-state index in [0.29, 0.717) is 12.5 Å². The van der Waals surface area contributed by atoms with Crippen LogP contribution in [0.5, 0.6) is 5.75 Å². The molecule has 0 aromatic heterocycles. The third-order valence-electron chi connectivity index (χ3n) is 3.14. The maximum atomic E-state index is 13.1. The molecular weight excluding hydrogens is 315 g/mol. The second-order valence-electron chi connectivity index (χ2n) is 5.71. The highest BCUT2D eigenvalue weighted by molar-refractivity contribution is 6.31. The molecule has 5 heteroatoms. The lowest BCUT2D eigenvalue weighted by Gasteiger charge is -2.11. The van der Waals surface area contributed by atoms with Crippen LogP contribution in [-0.2, 0) is 0 Å². The molecule has 0 amide bonds. The second-order valence-corrected chi connectivity index (χ2v) is 6.12. The normalized spacial score (nSPS) is 10.7. The average molecular weight is 337 g/mol. The molecule has 0 radical (unpaired) electrons. The van der Waals surface area contributed by atoms with Crippen molar-refractivity contribution in [2.75, 3.05) is 30.3 Å². The van der Waals surface area contributed by atoms with Gasteiger partial charge in [0.2, 0.25) is 0 Å². The summed E-state index contributed by atoms with van der Waals surface area (Å²) in [6.07, 6.45) is 0. The Kier molecular flexibility index (Phi) is 6.53. The van der Waals surface area contributed by atoms with Crippen LogP contribution in [0.1, 0.15) is 13.8 Å². The van der Waals surface area contributed by atoms with Crippen molar-refractivity contribution >= 4 is 23.0 Å². The summed E-state index contributed by atoms with van der Waals surface area (Å²) in [4.78, 5) is 0. The maximum Gasteiger partial charge on any atom is 0.141 e. The maximum absolute atomic E-state index is 13.1. The van der Waals surface area contributed by atoms with Gasteiger partial charge in [-0.2, -0.15) is 0 Å². The molecule has 0 unspecified atom stereocenters. The lowest BCUT2D eigenvalue weighted by Crippen LogP contribution is -2.13. The summed E-state index contributed by atoms with van der Waals surface area (Å²) in [6.45, 7) is 6.40. The Hall–Kier alpha value is -1.94.